The molecule has 0 radical (unpaired) electrons. The van der Waals surface area contributed by atoms with Crippen molar-refractivity contribution in [1.82, 2.24) is 14.7 Å². The van der Waals surface area contributed by atoms with Gasteiger partial charge in [0.25, 0.3) is 11.5 Å². The second-order valence-electron chi connectivity index (χ2n) is 5.01. The predicted octanol–water partition coefficient (Wildman–Crippen LogP) is 1.46. The Morgan fingerprint density at radius 3 is 2.96 bits per heavy atom. The molecule has 3 aromatic rings. The molecule has 2 heterocycles. The minimum atomic E-state index is -0.879. The first-order chi connectivity index (χ1) is 11.5. The lowest BCUT2D eigenvalue weighted by Crippen LogP contribution is -2.36. The molecule has 0 aliphatic rings. The van der Waals surface area contributed by atoms with Gasteiger partial charge in [0.15, 0.2) is 4.96 Å². The van der Waals surface area contributed by atoms with Crippen molar-refractivity contribution < 1.29 is 13.6 Å². The van der Waals surface area contributed by atoms with Gasteiger partial charge in [-0.1, -0.05) is 6.07 Å². The summed E-state index contributed by atoms with van der Waals surface area (Å²) in [6, 6.07) is 2.14. The molecule has 0 aliphatic carbocycles. The SMILES string of the molecule is NC(CNC(=O)c1cnc2sccn2c1=O)c1ccc(F)cc1F. The van der Waals surface area contributed by atoms with Crippen molar-refractivity contribution in [1.29, 1.82) is 0 Å². The Balaban J connectivity index is 1.74. The highest BCUT2D eigenvalue weighted by Gasteiger charge is 2.17. The van der Waals surface area contributed by atoms with Crippen LogP contribution in [0, 0.1) is 11.6 Å². The molecular weight excluding hydrogens is 338 g/mol. The average Bonchev–Trinajstić information content (AvgIpc) is 3.02. The van der Waals surface area contributed by atoms with E-state index in [0.717, 1.165) is 12.1 Å². The zero-order valence-corrected chi connectivity index (χ0v) is 13.0. The van der Waals surface area contributed by atoms with Gasteiger partial charge < -0.3 is 11.1 Å². The Labute approximate surface area is 138 Å². The lowest BCUT2D eigenvalue weighted by atomic mass is 10.1. The van der Waals surface area contributed by atoms with Gasteiger partial charge in [-0.05, 0) is 6.07 Å². The van der Waals surface area contributed by atoms with Gasteiger partial charge in [0.2, 0.25) is 0 Å². The maximum Gasteiger partial charge on any atom is 0.271 e. The van der Waals surface area contributed by atoms with E-state index in [0.29, 0.717) is 4.96 Å². The van der Waals surface area contributed by atoms with Crippen LogP contribution in [0.3, 0.4) is 0 Å². The normalized spacial score (nSPS) is 12.3. The van der Waals surface area contributed by atoms with Crippen molar-refractivity contribution in [3.8, 4) is 0 Å². The monoisotopic (exact) mass is 350 g/mol. The molecule has 9 heteroatoms. The van der Waals surface area contributed by atoms with E-state index in [4.69, 9.17) is 5.73 Å². The molecule has 3 rings (SSSR count). The molecule has 0 saturated heterocycles. The van der Waals surface area contributed by atoms with Crippen LogP contribution in [0.25, 0.3) is 4.96 Å². The van der Waals surface area contributed by atoms with E-state index >= 15 is 0 Å². The highest BCUT2D eigenvalue weighted by molar-refractivity contribution is 7.15. The fourth-order valence-electron chi connectivity index (χ4n) is 2.19. The predicted molar refractivity (Wildman–Crippen MR) is 85.0 cm³/mol. The number of hydrogen-bond acceptors (Lipinski definition) is 5. The second kappa shape index (κ2) is 6.46. The first kappa shape index (κ1) is 16.2. The number of nitrogens with one attached hydrogen (secondary N) is 1. The van der Waals surface area contributed by atoms with Gasteiger partial charge in [-0.2, -0.15) is 0 Å². The summed E-state index contributed by atoms with van der Waals surface area (Å²) in [4.78, 5) is 28.8. The van der Waals surface area contributed by atoms with Crippen molar-refractivity contribution in [2.24, 2.45) is 5.73 Å². The zero-order valence-electron chi connectivity index (χ0n) is 12.2. The van der Waals surface area contributed by atoms with Crippen LogP contribution >= 0.6 is 11.3 Å². The smallest absolute Gasteiger partial charge is 0.271 e. The molecule has 0 bridgehead atoms. The topological polar surface area (TPSA) is 89.5 Å². The number of rotatable bonds is 4. The number of amides is 1. The number of nitrogens with zero attached hydrogens (tertiary/aromatic N) is 2. The fourth-order valence-corrected chi connectivity index (χ4v) is 2.87. The lowest BCUT2D eigenvalue weighted by Gasteiger charge is -2.14. The molecular formula is C15H12F2N4O2S. The van der Waals surface area contributed by atoms with Gasteiger partial charge in [0.05, 0.1) is 6.04 Å². The molecule has 6 nitrogen and oxygen atoms in total. The van der Waals surface area contributed by atoms with Crippen molar-refractivity contribution in [2.75, 3.05) is 6.54 Å². The number of aromatic nitrogens is 2. The summed E-state index contributed by atoms with van der Waals surface area (Å²) in [6.45, 7) is -0.118. The van der Waals surface area contributed by atoms with Crippen molar-refractivity contribution >= 4 is 22.2 Å². The van der Waals surface area contributed by atoms with E-state index in [-0.39, 0.29) is 17.7 Å². The zero-order chi connectivity index (χ0) is 17.3. The first-order valence-electron chi connectivity index (χ1n) is 6.91. The van der Waals surface area contributed by atoms with Crippen molar-refractivity contribution in [3.05, 3.63) is 69.1 Å². The van der Waals surface area contributed by atoms with Crippen LogP contribution < -0.4 is 16.6 Å². The summed E-state index contributed by atoms with van der Waals surface area (Å²) in [5.41, 5.74) is 5.24. The molecule has 1 amide bonds. The van der Waals surface area contributed by atoms with Crippen LogP contribution in [-0.4, -0.2) is 21.8 Å². The number of thiazole rings is 1. The molecule has 24 heavy (non-hydrogen) atoms. The number of halogens is 2. The second-order valence-corrected chi connectivity index (χ2v) is 5.89. The third-order valence-corrected chi connectivity index (χ3v) is 4.20. The number of nitrogens with two attached hydrogens (primary N) is 1. The van der Waals surface area contributed by atoms with Gasteiger partial charge >= 0.3 is 0 Å². The number of carbonyl (C=O) groups is 1. The van der Waals surface area contributed by atoms with Gasteiger partial charge in [-0.25, -0.2) is 13.8 Å². The van der Waals surface area contributed by atoms with Crippen LogP contribution in [0.4, 0.5) is 8.78 Å². The third kappa shape index (κ3) is 3.03. The molecule has 1 aromatic carbocycles. The third-order valence-electron chi connectivity index (χ3n) is 3.43. The van der Waals surface area contributed by atoms with E-state index in [2.05, 4.69) is 10.3 Å². The maximum atomic E-state index is 13.7. The van der Waals surface area contributed by atoms with Crippen LogP contribution in [0.2, 0.25) is 0 Å². The molecule has 2 aromatic heterocycles. The Kier molecular flexibility index (Phi) is 4.36. The first-order valence-corrected chi connectivity index (χ1v) is 7.79. The van der Waals surface area contributed by atoms with E-state index in [1.807, 2.05) is 0 Å². The molecule has 0 aliphatic heterocycles. The van der Waals surface area contributed by atoms with Gasteiger partial charge in [-0.15, -0.1) is 11.3 Å². The standard InChI is InChI=1S/C15H12F2N4O2S/c16-8-1-2-9(11(17)5-8)12(18)7-19-13(22)10-6-20-15-21(14(10)23)3-4-24-15/h1-6,12H,7,18H2,(H,19,22). The minimum Gasteiger partial charge on any atom is -0.350 e. The highest BCUT2D eigenvalue weighted by atomic mass is 32.1. The van der Waals surface area contributed by atoms with Gasteiger partial charge in [0.1, 0.15) is 17.2 Å². The van der Waals surface area contributed by atoms with E-state index in [1.54, 1.807) is 5.38 Å². The Bertz CT molecular complexity index is 970. The van der Waals surface area contributed by atoms with Crippen molar-refractivity contribution in [3.63, 3.8) is 0 Å². The van der Waals surface area contributed by atoms with Gasteiger partial charge in [0, 0.05) is 35.9 Å². The van der Waals surface area contributed by atoms with Crippen molar-refractivity contribution in [2.45, 2.75) is 6.04 Å². The summed E-state index contributed by atoms with van der Waals surface area (Å²) in [7, 11) is 0. The average molecular weight is 350 g/mol. The Morgan fingerprint density at radius 1 is 1.42 bits per heavy atom. The molecule has 1 unspecified atom stereocenters. The number of hydrogen-bond donors (Lipinski definition) is 2. The van der Waals surface area contributed by atoms with Gasteiger partial charge in [-0.3, -0.25) is 14.0 Å². The highest BCUT2D eigenvalue weighted by Crippen LogP contribution is 2.15. The number of benzene rings is 1. The lowest BCUT2D eigenvalue weighted by molar-refractivity contribution is 0.0949. The van der Waals surface area contributed by atoms with Crippen LogP contribution in [0.1, 0.15) is 22.0 Å². The summed E-state index contributed by atoms with van der Waals surface area (Å²) in [6.07, 6.45) is 2.71. The maximum absolute atomic E-state index is 13.7. The Hall–Kier alpha value is -2.65. The summed E-state index contributed by atoms with van der Waals surface area (Å²) >= 11 is 1.27. The minimum absolute atomic E-state index is 0.0693. The quantitative estimate of drug-likeness (QED) is 0.746. The Morgan fingerprint density at radius 2 is 2.21 bits per heavy atom. The molecule has 3 N–H and O–H groups in total. The number of carbonyl (C=O) groups excluding carboxylic acids is 1. The van der Waals surface area contributed by atoms with E-state index < -0.39 is 29.1 Å². The number of fused-ring (bicyclic) bond motifs is 1. The molecule has 0 saturated carbocycles. The molecule has 1 atom stereocenters. The van der Waals surface area contributed by atoms with E-state index in [9.17, 15) is 18.4 Å². The molecule has 124 valence electrons. The largest absolute Gasteiger partial charge is 0.350 e. The summed E-state index contributed by atoms with van der Waals surface area (Å²) < 4.78 is 27.8. The molecule has 0 fully saturated rings. The summed E-state index contributed by atoms with van der Waals surface area (Å²) in [5.74, 6) is -2.17. The van der Waals surface area contributed by atoms with E-state index in [1.165, 1.54) is 34.2 Å². The fraction of sp³-hybridized carbons (Fsp3) is 0.133. The van der Waals surface area contributed by atoms with Crippen LogP contribution in [0.5, 0.6) is 0 Å². The molecule has 0 spiro atoms. The van der Waals surface area contributed by atoms with Crippen LogP contribution in [0.15, 0.2) is 40.8 Å². The summed E-state index contributed by atoms with van der Waals surface area (Å²) in [5, 5.41) is 4.14. The van der Waals surface area contributed by atoms with Crippen LogP contribution in [-0.2, 0) is 0 Å².